The maximum atomic E-state index is 11.1. The number of aromatic nitrogens is 1. The van der Waals surface area contributed by atoms with E-state index in [0.29, 0.717) is 11.6 Å². The zero-order valence-electron chi connectivity index (χ0n) is 9.89. The Labute approximate surface area is 105 Å². The number of hydrogen-bond acceptors (Lipinski definition) is 4. The third-order valence-electron chi connectivity index (χ3n) is 2.20. The molecule has 4 nitrogen and oxygen atoms in total. The maximum absolute atomic E-state index is 11.1. The number of hydrogen-bond donors (Lipinski definition) is 1. The van der Waals surface area contributed by atoms with Gasteiger partial charge in [0.15, 0.2) is 0 Å². The first-order chi connectivity index (χ1) is 7.85. The standard InChI is InChI=1S/C11H14N2O2S2/c1-7(2)11-12-9-5-4-8(6-10(9)16-11)13-17(3,14)15/h4-7,13H,1-3H3. The lowest BCUT2D eigenvalue weighted by Crippen LogP contribution is -2.09. The minimum atomic E-state index is -3.22. The Morgan fingerprint density at radius 1 is 1.35 bits per heavy atom. The highest BCUT2D eigenvalue weighted by molar-refractivity contribution is 7.92. The SMILES string of the molecule is CC(C)c1nc2ccc(NS(C)(=O)=O)cc2s1. The summed E-state index contributed by atoms with van der Waals surface area (Å²) in [5.74, 6) is 0.388. The van der Waals surface area contributed by atoms with Crippen molar-refractivity contribution >= 4 is 37.3 Å². The molecule has 0 aliphatic rings. The molecule has 0 bridgehead atoms. The second kappa shape index (κ2) is 4.27. The predicted octanol–water partition coefficient (Wildman–Crippen LogP) is 2.79. The lowest BCUT2D eigenvalue weighted by Gasteiger charge is -2.02. The first kappa shape index (κ1) is 12.3. The zero-order valence-corrected chi connectivity index (χ0v) is 11.5. The Morgan fingerprint density at radius 3 is 2.65 bits per heavy atom. The minimum Gasteiger partial charge on any atom is -0.284 e. The summed E-state index contributed by atoms with van der Waals surface area (Å²) < 4.78 is 25.7. The summed E-state index contributed by atoms with van der Waals surface area (Å²) >= 11 is 1.60. The largest absolute Gasteiger partial charge is 0.284 e. The molecule has 0 amide bonds. The maximum Gasteiger partial charge on any atom is 0.229 e. The first-order valence-corrected chi connectivity index (χ1v) is 7.94. The van der Waals surface area contributed by atoms with Crippen molar-refractivity contribution in [3.63, 3.8) is 0 Å². The van der Waals surface area contributed by atoms with Crippen LogP contribution in [0.15, 0.2) is 18.2 Å². The van der Waals surface area contributed by atoms with Crippen molar-refractivity contribution in [3.05, 3.63) is 23.2 Å². The number of benzene rings is 1. The van der Waals surface area contributed by atoms with Crippen LogP contribution in [0.25, 0.3) is 10.2 Å². The van der Waals surface area contributed by atoms with Crippen molar-refractivity contribution < 1.29 is 8.42 Å². The molecule has 0 aliphatic carbocycles. The Balaban J connectivity index is 2.43. The third-order valence-corrected chi connectivity index (χ3v) is 4.13. The number of anilines is 1. The first-order valence-electron chi connectivity index (χ1n) is 5.23. The van der Waals surface area contributed by atoms with E-state index in [1.54, 1.807) is 17.4 Å². The third kappa shape index (κ3) is 2.95. The van der Waals surface area contributed by atoms with Gasteiger partial charge in [-0.2, -0.15) is 0 Å². The normalized spacial score (nSPS) is 12.2. The summed E-state index contributed by atoms with van der Waals surface area (Å²) in [4.78, 5) is 4.49. The van der Waals surface area contributed by atoms with E-state index in [4.69, 9.17) is 0 Å². The molecule has 0 saturated carbocycles. The van der Waals surface area contributed by atoms with Crippen molar-refractivity contribution in [2.75, 3.05) is 11.0 Å². The molecule has 6 heteroatoms. The fraction of sp³-hybridized carbons (Fsp3) is 0.364. The summed E-state index contributed by atoms with van der Waals surface area (Å²) in [6.45, 7) is 4.18. The molecule has 0 aliphatic heterocycles. The molecule has 1 N–H and O–H groups in total. The van der Waals surface area contributed by atoms with Gasteiger partial charge in [-0.3, -0.25) is 4.72 Å². The van der Waals surface area contributed by atoms with E-state index in [0.717, 1.165) is 21.5 Å². The van der Waals surface area contributed by atoms with E-state index in [1.807, 2.05) is 12.1 Å². The zero-order chi connectivity index (χ0) is 12.6. The monoisotopic (exact) mass is 270 g/mol. The Kier molecular flexibility index (Phi) is 3.09. The van der Waals surface area contributed by atoms with Crippen molar-refractivity contribution in [1.29, 1.82) is 0 Å². The number of sulfonamides is 1. The Morgan fingerprint density at radius 2 is 2.06 bits per heavy atom. The van der Waals surface area contributed by atoms with Gasteiger partial charge in [0.2, 0.25) is 10.0 Å². The van der Waals surface area contributed by atoms with Gasteiger partial charge in [-0.1, -0.05) is 13.8 Å². The van der Waals surface area contributed by atoms with Crippen LogP contribution >= 0.6 is 11.3 Å². The highest BCUT2D eigenvalue weighted by atomic mass is 32.2. The average Bonchev–Trinajstić information content (AvgIpc) is 2.57. The summed E-state index contributed by atoms with van der Waals surface area (Å²) in [6.07, 6.45) is 1.14. The number of fused-ring (bicyclic) bond motifs is 1. The molecule has 1 aromatic heterocycles. The van der Waals surface area contributed by atoms with Gasteiger partial charge in [0.05, 0.1) is 27.2 Å². The van der Waals surface area contributed by atoms with Gasteiger partial charge >= 0.3 is 0 Å². The van der Waals surface area contributed by atoms with Crippen LogP contribution in [0.3, 0.4) is 0 Å². The molecule has 0 spiro atoms. The molecule has 0 fully saturated rings. The van der Waals surface area contributed by atoms with Gasteiger partial charge in [0.1, 0.15) is 0 Å². The summed E-state index contributed by atoms with van der Waals surface area (Å²) in [5, 5.41) is 1.07. The van der Waals surface area contributed by atoms with Crippen LogP contribution in [-0.2, 0) is 10.0 Å². The minimum absolute atomic E-state index is 0.388. The van der Waals surface area contributed by atoms with Crippen LogP contribution in [0.5, 0.6) is 0 Å². The van der Waals surface area contributed by atoms with E-state index in [-0.39, 0.29) is 0 Å². The molecule has 2 rings (SSSR count). The summed E-state index contributed by atoms with van der Waals surface area (Å²) in [7, 11) is -3.22. The fourth-order valence-corrected chi connectivity index (χ4v) is 3.03. The van der Waals surface area contributed by atoms with Crippen LogP contribution in [0.2, 0.25) is 0 Å². The predicted molar refractivity (Wildman–Crippen MR) is 72.2 cm³/mol. The van der Waals surface area contributed by atoms with E-state index < -0.39 is 10.0 Å². The molecule has 92 valence electrons. The number of thiazole rings is 1. The van der Waals surface area contributed by atoms with Crippen molar-refractivity contribution in [3.8, 4) is 0 Å². The molecular formula is C11H14N2O2S2. The number of nitrogens with zero attached hydrogens (tertiary/aromatic N) is 1. The van der Waals surface area contributed by atoms with Gasteiger partial charge in [0.25, 0.3) is 0 Å². The number of rotatable bonds is 3. The lowest BCUT2D eigenvalue weighted by atomic mass is 10.2. The molecule has 17 heavy (non-hydrogen) atoms. The summed E-state index contributed by atoms with van der Waals surface area (Å²) in [6, 6.07) is 5.39. The van der Waals surface area contributed by atoms with Gasteiger partial charge in [-0.25, -0.2) is 13.4 Å². The van der Waals surface area contributed by atoms with E-state index in [1.165, 1.54) is 0 Å². The molecule has 0 unspecified atom stereocenters. The Bertz CT molecular complexity index is 645. The van der Waals surface area contributed by atoms with Gasteiger partial charge in [0, 0.05) is 5.92 Å². The van der Waals surface area contributed by atoms with Crippen LogP contribution < -0.4 is 4.72 Å². The van der Waals surface area contributed by atoms with Crippen molar-refractivity contribution in [1.82, 2.24) is 4.98 Å². The quantitative estimate of drug-likeness (QED) is 0.933. The van der Waals surface area contributed by atoms with Crippen LogP contribution in [-0.4, -0.2) is 19.7 Å². The second-order valence-electron chi connectivity index (χ2n) is 4.26. The van der Waals surface area contributed by atoms with Crippen molar-refractivity contribution in [2.24, 2.45) is 0 Å². The van der Waals surface area contributed by atoms with E-state index >= 15 is 0 Å². The van der Waals surface area contributed by atoms with Crippen LogP contribution in [0, 0.1) is 0 Å². The Hall–Kier alpha value is -1.14. The molecule has 0 radical (unpaired) electrons. The lowest BCUT2D eigenvalue weighted by molar-refractivity contribution is 0.607. The van der Waals surface area contributed by atoms with E-state index in [2.05, 4.69) is 23.6 Å². The van der Waals surface area contributed by atoms with Crippen LogP contribution in [0.1, 0.15) is 24.8 Å². The van der Waals surface area contributed by atoms with Gasteiger partial charge < -0.3 is 0 Å². The fourth-order valence-electron chi connectivity index (χ4n) is 1.47. The molecule has 0 atom stereocenters. The molecule has 1 aromatic carbocycles. The molecule has 2 aromatic rings. The second-order valence-corrected chi connectivity index (χ2v) is 7.07. The van der Waals surface area contributed by atoms with E-state index in [9.17, 15) is 8.42 Å². The highest BCUT2D eigenvalue weighted by Gasteiger charge is 2.09. The topological polar surface area (TPSA) is 59.1 Å². The smallest absolute Gasteiger partial charge is 0.229 e. The molecule has 0 saturated heterocycles. The molecular weight excluding hydrogens is 256 g/mol. The van der Waals surface area contributed by atoms with Crippen molar-refractivity contribution in [2.45, 2.75) is 19.8 Å². The average molecular weight is 270 g/mol. The van der Waals surface area contributed by atoms with Gasteiger partial charge in [-0.05, 0) is 18.2 Å². The van der Waals surface area contributed by atoms with Gasteiger partial charge in [-0.15, -0.1) is 11.3 Å². The molecule has 1 heterocycles. The highest BCUT2D eigenvalue weighted by Crippen LogP contribution is 2.29. The van der Waals surface area contributed by atoms with Crippen LogP contribution in [0.4, 0.5) is 5.69 Å². The summed E-state index contributed by atoms with van der Waals surface area (Å²) in [5.41, 5.74) is 1.50. The number of nitrogens with one attached hydrogen (secondary N) is 1.